The summed E-state index contributed by atoms with van der Waals surface area (Å²) in [4.78, 5) is 14.3. The van der Waals surface area contributed by atoms with Crippen molar-refractivity contribution < 1.29 is 9.90 Å². The van der Waals surface area contributed by atoms with Gasteiger partial charge < -0.3 is 10.4 Å². The Balaban J connectivity index is 2.56. The third-order valence-corrected chi connectivity index (χ3v) is 3.71. The normalized spacial score (nSPS) is 24.6. The summed E-state index contributed by atoms with van der Waals surface area (Å²) in [7, 11) is 0. The molecule has 0 aromatic rings. The number of carbonyl (C=O) groups excluding carboxylic acids is 1. The number of likely N-dealkylation sites (tertiary alicyclic amines) is 1. The average Bonchev–Trinajstić information content (AvgIpc) is 2.35. The third-order valence-electron chi connectivity index (χ3n) is 3.71. The highest BCUT2D eigenvalue weighted by Crippen LogP contribution is 2.23. The third kappa shape index (κ3) is 4.58. The molecule has 0 bridgehead atoms. The molecular weight excluding hydrogens is 228 g/mol. The number of nitrogens with zero attached hydrogens (tertiary/aromatic N) is 1. The van der Waals surface area contributed by atoms with Crippen LogP contribution in [0.5, 0.6) is 0 Å². The molecule has 0 saturated carbocycles. The van der Waals surface area contributed by atoms with Crippen molar-refractivity contribution >= 4 is 5.91 Å². The van der Waals surface area contributed by atoms with Crippen molar-refractivity contribution in [2.75, 3.05) is 13.1 Å². The summed E-state index contributed by atoms with van der Waals surface area (Å²) in [5, 5.41) is 12.5. The van der Waals surface area contributed by atoms with Crippen molar-refractivity contribution in [3.05, 3.63) is 0 Å². The summed E-state index contributed by atoms with van der Waals surface area (Å²) in [5.41, 5.74) is 0. The monoisotopic (exact) mass is 256 g/mol. The molecule has 1 fully saturated rings. The zero-order valence-corrected chi connectivity index (χ0v) is 12.0. The minimum Gasteiger partial charge on any atom is -0.393 e. The van der Waals surface area contributed by atoms with Gasteiger partial charge in [0.1, 0.15) is 0 Å². The molecule has 1 aliphatic heterocycles. The van der Waals surface area contributed by atoms with Crippen molar-refractivity contribution in [3.63, 3.8) is 0 Å². The van der Waals surface area contributed by atoms with Crippen molar-refractivity contribution in [3.8, 4) is 0 Å². The smallest absolute Gasteiger partial charge is 0.237 e. The second kappa shape index (κ2) is 7.74. The molecule has 3 unspecified atom stereocenters. The van der Waals surface area contributed by atoms with Crippen LogP contribution in [0.1, 0.15) is 52.9 Å². The SMILES string of the molecule is CCCNC(=O)C(C)N1CCCCC1CC(C)O. The van der Waals surface area contributed by atoms with E-state index >= 15 is 0 Å². The first-order valence-electron chi connectivity index (χ1n) is 7.27. The molecule has 4 nitrogen and oxygen atoms in total. The van der Waals surface area contributed by atoms with Crippen molar-refractivity contribution in [1.82, 2.24) is 10.2 Å². The van der Waals surface area contributed by atoms with Gasteiger partial charge in [-0.2, -0.15) is 0 Å². The van der Waals surface area contributed by atoms with Gasteiger partial charge in [0.25, 0.3) is 0 Å². The molecule has 1 amide bonds. The van der Waals surface area contributed by atoms with Crippen LogP contribution in [0.25, 0.3) is 0 Å². The summed E-state index contributed by atoms with van der Waals surface area (Å²) >= 11 is 0. The van der Waals surface area contributed by atoms with E-state index in [0.717, 1.165) is 38.8 Å². The van der Waals surface area contributed by atoms with Gasteiger partial charge in [0, 0.05) is 12.6 Å². The lowest BCUT2D eigenvalue weighted by Crippen LogP contribution is -2.52. The van der Waals surface area contributed by atoms with Crippen molar-refractivity contribution in [1.29, 1.82) is 0 Å². The molecular formula is C14H28N2O2. The second-order valence-corrected chi connectivity index (χ2v) is 5.44. The van der Waals surface area contributed by atoms with E-state index in [9.17, 15) is 9.90 Å². The first kappa shape index (κ1) is 15.4. The molecule has 1 saturated heterocycles. The van der Waals surface area contributed by atoms with Crippen LogP contribution in [0.3, 0.4) is 0 Å². The van der Waals surface area contributed by atoms with E-state index < -0.39 is 0 Å². The zero-order valence-electron chi connectivity index (χ0n) is 12.0. The van der Waals surface area contributed by atoms with Gasteiger partial charge in [-0.1, -0.05) is 13.3 Å². The summed E-state index contributed by atoms with van der Waals surface area (Å²) < 4.78 is 0. The molecule has 18 heavy (non-hydrogen) atoms. The van der Waals surface area contributed by atoms with E-state index in [2.05, 4.69) is 17.1 Å². The lowest BCUT2D eigenvalue weighted by molar-refractivity contribution is -0.127. The fourth-order valence-electron chi connectivity index (χ4n) is 2.73. The molecule has 1 rings (SSSR count). The highest BCUT2D eigenvalue weighted by molar-refractivity contribution is 5.81. The van der Waals surface area contributed by atoms with E-state index in [1.54, 1.807) is 0 Å². The number of hydrogen-bond acceptors (Lipinski definition) is 3. The largest absolute Gasteiger partial charge is 0.393 e. The van der Waals surface area contributed by atoms with Crippen LogP contribution in [-0.4, -0.2) is 47.2 Å². The minimum absolute atomic E-state index is 0.0828. The predicted molar refractivity (Wildman–Crippen MR) is 73.4 cm³/mol. The number of amides is 1. The molecule has 0 aromatic heterocycles. The summed E-state index contributed by atoms with van der Waals surface area (Å²) in [6.45, 7) is 7.58. The minimum atomic E-state index is -0.290. The molecule has 0 spiro atoms. The summed E-state index contributed by atoms with van der Waals surface area (Å²) in [5.74, 6) is 0.120. The Morgan fingerprint density at radius 1 is 1.44 bits per heavy atom. The lowest BCUT2D eigenvalue weighted by atomic mass is 9.95. The van der Waals surface area contributed by atoms with Gasteiger partial charge in [0.15, 0.2) is 0 Å². The van der Waals surface area contributed by atoms with Crippen LogP contribution in [0.4, 0.5) is 0 Å². The van der Waals surface area contributed by atoms with E-state index in [1.165, 1.54) is 6.42 Å². The molecule has 0 aliphatic carbocycles. The van der Waals surface area contributed by atoms with Crippen LogP contribution in [-0.2, 0) is 4.79 Å². The standard InChI is InChI=1S/C14H28N2O2/c1-4-8-15-14(18)12(3)16-9-6-5-7-13(16)10-11(2)17/h11-13,17H,4-10H2,1-3H3,(H,15,18). The fraction of sp³-hybridized carbons (Fsp3) is 0.929. The molecule has 1 aliphatic rings. The lowest BCUT2D eigenvalue weighted by Gasteiger charge is -2.39. The topological polar surface area (TPSA) is 52.6 Å². The summed E-state index contributed by atoms with van der Waals surface area (Å²) in [6.07, 6.45) is 4.90. The predicted octanol–water partition coefficient (Wildman–Crippen LogP) is 1.53. The molecule has 2 N–H and O–H groups in total. The first-order chi connectivity index (χ1) is 8.56. The van der Waals surface area contributed by atoms with E-state index in [-0.39, 0.29) is 18.1 Å². The Kier molecular flexibility index (Phi) is 6.65. The molecule has 3 atom stereocenters. The molecule has 4 heteroatoms. The Labute approximate surface area is 111 Å². The van der Waals surface area contributed by atoms with E-state index in [1.807, 2.05) is 13.8 Å². The maximum Gasteiger partial charge on any atom is 0.237 e. The Morgan fingerprint density at radius 2 is 2.17 bits per heavy atom. The fourth-order valence-corrected chi connectivity index (χ4v) is 2.73. The van der Waals surface area contributed by atoms with Crippen LogP contribution in [0.15, 0.2) is 0 Å². The quantitative estimate of drug-likeness (QED) is 0.758. The molecule has 106 valence electrons. The maximum absolute atomic E-state index is 12.0. The average molecular weight is 256 g/mol. The van der Waals surface area contributed by atoms with Crippen molar-refractivity contribution in [2.45, 2.75) is 71.1 Å². The number of rotatable bonds is 6. The van der Waals surface area contributed by atoms with E-state index in [0.29, 0.717) is 6.04 Å². The number of carbonyl (C=O) groups is 1. The number of hydrogen-bond donors (Lipinski definition) is 2. The van der Waals surface area contributed by atoms with Gasteiger partial charge in [-0.05, 0) is 46.1 Å². The second-order valence-electron chi connectivity index (χ2n) is 5.44. The van der Waals surface area contributed by atoms with Crippen LogP contribution in [0.2, 0.25) is 0 Å². The highest BCUT2D eigenvalue weighted by Gasteiger charge is 2.30. The molecule has 0 aromatic carbocycles. The van der Waals surface area contributed by atoms with Gasteiger partial charge in [0.05, 0.1) is 12.1 Å². The van der Waals surface area contributed by atoms with Gasteiger partial charge >= 0.3 is 0 Å². The number of nitrogens with one attached hydrogen (secondary N) is 1. The van der Waals surface area contributed by atoms with Crippen LogP contribution >= 0.6 is 0 Å². The van der Waals surface area contributed by atoms with Gasteiger partial charge in [-0.3, -0.25) is 9.69 Å². The van der Waals surface area contributed by atoms with Gasteiger partial charge in [0.2, 0.25) is 5.91 Å². The Morgan fingerprint density at radius 3 is 2.78 bits per heavy atom. The Bertz CT molecular complexity index is 256. The highest BCUT2D eigenvalue weighted by atomic mass is 16.3. The molecule has 0 radical (unpaired) electrons. The van der Waals surface area contributed by atoms with Crippen LogP contribution < -0.4 is 5.32 Å². The van der Waals surface area contributed by atoms with Gasteiger partial charge in [-0.15, -0.1) is 0 Å². The van der Waals surface area contributed by atoms with Crippen LogP contribution in [0, 0.1) is 0 Å². The first-order valence-corrected chi connectivity index (χ1v) is 7.27. The van der Waals surface area contributed by atoms with E-state index in [4.69, 9.17) is 0 Å². The number of aliphatic hydroxyl groups is 1. The molecule has 1 heterocycles. The number of aliphatic hydroxyl groups excluding tert-OH is 1. The maximum atomic E-state index is 12.0. The summed E-state index contributed by atoms with van der Waals surface area (Å²) in [6, 6.07) is 0.265. The van der Waals surface area contributed by atoms with Gasteiger partial charge in [-0.25, -0.2) is 0 Å². The zero-order chi connectivity index (χ0) is 13.5. The van der Waals surface area contributed by atoms with Crippen molar-refractivity contribution in [2.24, 2.45) is 0 Å². The Hall–Kier alpha value is -0.610. The number of piperidine rings is 1.